The summed E-state index contributed by atoms with van der Waals surface area (Å²) < 4.78 is 0. The molecule has 2 aliphatic heterocycles. The molecule has 3 aromatic rings. The molecule has 4 heterocycles. The first kappa shape index (κ1) is 20.4. The number of carbonyl (C=O) groups excluding carboxylic acids is 3. The average molecular weight is 447 g/mol. The van der Waals surface area contributed by atoms with E-state index in [4.69, 9.17) is 0 Å². The summed E-state index contributed by atoms with van der Waals surface area (Å²) in [5.41, 5.74) is 3.11. The van der Waals surface area contributed by atoms with Gasteiger partial charge in [-0.05, 0) is 60.7 Å². The van der Waals surface area contributed by atoms with Crippen LogP contribution in [0.25, 0.3) is 0 Å². The van der Waals surface area contributed by atoms with E-state index in [1.807, 2.05) is 43.5 Å². The van der Waals surface area contributed by atoms with Gasteiger partial charge in [0.1, 0.15) is 0 Å². The number of hydrogen-bond acceptors (Lipinski definition) is 5. The van der Waals surface area contributed by atoms with Crippen LogP contribution >= 0.6 is 11.3 Å². The number of hydrogen-bond donors (Lipinski definition) is 2. The topological polar surface area (TPSA) is 91.4 Å². The molecule has 2 N–H and O–H groups in total. The standard InChI is InChI=1S/C24H22N4O3S/c1-24(2)17-11-15(7-8-18(17)27-23(24)31)26-21(29)16-13-28(22(30)19-6-4-10-32-19)12-14-5-3-9-25-20(14)16/h3-11,16H,12-13H2,1-2H3,(H,26,29)(H,27,31). The van der Waals surface area contributed by atoms with Gasteiger partial charge < -0.3 is 15.5 Å². The van der Waals surface area contributed by atoms with E-state index in [2.05, 4.69) is 15.6 Å². The molecule has 1 unspecified atom stereocenters. The fourth-order valence-corrected chi connectivity index (χ4v) is 4.96. The molecule has 2 aliphatic rings. The van der Waals surface area contributed by atoms with Crippen molar-refractivity contribution in [3.63, 3.8) is 0 Å². The maximum Gasteiger partial charge on any atom is 0.264 e. The van der Waals surface area contributed by atoms with Crippen molar-refractivity contribution in [2.75, 3.05) is 17.2 Å². The number of nitrogens with one attached hydrogen (secondary N) is 2. The second-order valence-corrected chi connectivity index (χ2v) is 9.54. The number of thiophene rings is 1. The van der Waals surface area contributed by atoms with Crippen molar-refractivity contribution in [1.29, 1.82) is 0 Å². The molecule has 1 aromatic carbocycles. The summed E-state index contributed by atoms with van der Waals surface area (Å²) in [6.45, 7) is 4.39. The molecule has 0 radical (unpaired) electrons. The van der Waals surface area contributed by atoms with Gasteiger partial charge in [0.25, 0.3) is 5.91 Å². The van der Waals surface area contributed by atoms with Crippen molar-refractivity contribution in [1.82, 2.24) is 9.88 Å². The summed E-state index contributed by atoms with van der Waals surface area (Å²) >= 11 is 1.39. The highest BCUT2D eigenvalue weighted by Gasteiger charge is 2.39. The monoisotopic (exact) mass is 446 g/mol. The Morgan fingerprint density at radius 3 is 2.84 bits per heavy atom. The first-order valence-corrected chi connectivity index (χ1v) is 11.3. The Balaban J connectivity index is 1.42. The zero-order chi connectivity index (χ0) is 22.5. The lowest BCUT2D eigenvalue weighted by atomic mass is 9.86. The summed E-state index contributed by atoms with van der Waals surface area (Å²) in [5, 5.41) is 7.71. The van der Waals surface area contributed by atoms with Crippen LogP contribution in [-0.2, 0) is 21.5 Å². The van der Waals surface area contributed by atoms with Gasteiger partial charge in [0.15, 0.2) is 0 Å². The van der Waals surface area contributed by atoms with Gasteiger partial charge in [-0.2, -0.15) is 0 Å². The molecule has 2 aromatic heterocycles. The number of anilines is 2. The number of benzene rings is 1. The molecule has 5 rings (SSSR count). The predicted molar refractivity (Wildman–Crippen MR) is 123 cm³/mol. The van der Waals surface area contributed by atoms with Crippen molar-refractivity contribution in [2.45, 2.75) is 31.7 Å². The van der Waals surface area contributed by atoms with Crippen LogP contribution in [-0.4, -0.2) is 34.2 Å². The number of nitrogens with zero attached hydrogens (tertiary/aromatic N) is 2. The van der Waals surface area contributed by atoms with Gasteiger partial charge in [-0.25, -0.2) is 0 Å². The minimum absolute atomic E-state index is 0.0656. The zero-order valence-electron chi connectivity index (χ0n) is 17.7. The van der Waals surface area contributed by atoms with Crippen molar-refractivity contribution in [2.24, 2.45) is 0 Å². The molecule has 32 heavy (non-hydrogen) atoms. The van der Waals surface area contributed by atoms with E-state index in [0.29, 0.717) is 22.8 Å². The van der Waals surface area contributed by atoms with E-state index in [0.717, 1.165) is 16.8 Å². The third-order valence-electron chi connectivity index (χ3n) is 6.13. The minimum atomic E-state index is -0.668. The van der Waals surface area contributed by atoms with Crippen molar-refractivity contribution >= 4 is 40.4 Å². The Labute approximate surface area is 189 Å². The molecule has 7 nitrogen and oxygen atoms in total. The summed E-state index contributed by atoms with van der Waals surface area (Å²) in [6, 6.07) is 12.8. The SMILES string of the molecule is CC1(C)C(=O)Nc2ccc(NC(=O)C3CN(C(=O)c4cccs4)Cc4cccnc43)cc21. The van der Waals surface area contributed by atoms with Crippen LogP contribution < -0.4 is 10.6 Å². The smallest absolute Gasteiger partial charge is 0.264 e. The Morgan fingerprint density at radius 1 is 1.22 bits per heavy atom. The highest BCUT2D eigenvalue weighted by atomic mass is 32.1. The lowest BCUT2D eigenvalue weighted by molar-refractivity contribution is -0.120. The molecule has 0 fully saturated rings. The average Bonchev–Trinajstić information content (AvgIpc) is 3.40. The molecule has 162 valence electrons. The molecule has 0 saturated heterocycles. The molecular weight excluding hydrogens is 424 g/mol. The van der Waals surface area contributed by atoms with Gasteiger partial charge in [-0.1, -0.05) is 12.1 Å². The number of rotatable bonds is 3. The maximum atomic E-state index is 13.3. The van der Waals surface area contributed by atoms with Crippen LogP contribution in [0.2, 0.25) is 0 Å². The number of fused-ring (bicyclic) bond motifs is 2. The first-order valence-electron chi connectivity index (χ1n) is 10.4. The van der Waals surface area contributed by atoms with Gasteiger partial charge in [-0.3, -0.25) is 19.4 Å². The number of amides is 3. The van der Waals surface area contributed by atoms with Crippen LogP contribution in [0.3, 0.4) is 0 Å². The largest absolute Gasteiger partial charge is 0.332 e. The third-order valence-corrected chi connectivity index (χ3v) is 6.99. The summed E-state index contributed by atoms with van der Waals surface area (Å²) in [7, 11) is 0. The summed E-state index contributed by atoms with van der Waals surface area (Å²) in [5.74, 6) is -0.978. The van der Waals surface area contributed by atoms with Crippen LogP contribution in [0.15, 0.2) is 54.0 Å². The molecular formula is C24H22N4O3S. The summed E-state index contributed by atoms with van der Waals surface area (Å²) in [6.07, 6.45) is 1.67. The zero-order valence-corrected chi connectivity index (χ0v) is 18.5. The van der Waals surface area contributed by atoms with E-state index in [9.17, 15) is 14.4 Å². The predicted octanol–water partition coefficient (Wildman–Crippen LogP) is 3.75. The van der Waals surface area contributed by atoms with E-state index in [1.165, 1.54) is 11.3 Å². The maximum absolute atomic E-state index is 13.3. The Kier molecular flexibility index (Phi) is 4.82. The van der Waals surface area contributed by atoms with E-state index in [-0.39, 0.29) is 24.3 Å². The van der Waals surface area contributed by atoms with E-state index in [1.54, 1.807) is 29.3 Å². The fraction of sp³-hybridized carbons (Fsp3) is 0.250. The number of pyridine rings is 1. The Morgan fingerprint density at radius 2 is 2.06 bits per heavy atom. The van der Waals surface area contributed by atoms with E-state index >= 15 is 0 Å². The minimum Gasteiger partial charge on any atom is -0.332 e. The van der Waals surface area contributed by atoms with Crippen molar-refractivity contribution < 1.29 is 14.4 Å². The Hall–Kier alpha value is -3.52. The molecule has 3 amide bonds. The molecule has 1 atom stereocenters. The van der Waals surface area contributed by atoms with Gasteiger partial charge in [0.05, 0.1) is 21.9 Å². The molecule has 0 saturated carbocycles. The van der Waals surface area contributed by atoms with Crippen LogP contribution in [0.5, 0.6) is 0 Å². The van der Waals surface area contributed by atoms with Crippen LogP contribution in [0.1, 0.15) is 46.3 Å². The molecule has 0 bridgehead atoms. The quantitative estimate of drug-likeness (QED) is 0.641. The third kappa shape index (κ3) is 3.36. The lowest BCUT2D eigenvalue weighted by Gasteiger charge is -2.33. The van der Waals surface area contributed by atoms with Gasteiger partial charge >= 0.3 is 0 Å². The van der Waals surface area contributed by atoms with Gasteiger partial charge in [-0.15, -0.1) is 11.3 Å². The fourth-order valence-electron chi connectivity index (χ4n) is 4.27. The summed E-state index contributed by atoms with van der Waals surface area (Å²) in [4.78, 5) is 45.3. The van der Waals surface area contributed by atoms with Crippen LogP contribution in [0, 0.1) is 0 Å². The second-order valence-electron chi connectivity index (χ2n) is 8.59. The highest BCUT2D eigenvalue weighted by Crippen LogP contribution is 2.39. The van der Waals surface area contributed by atoms with Crippen molar-refractivity contribution in [3.8, 4) is 0 Å². The van der Waals surface area contributed by atoms with Gasteiger partial charge in [0.2, 0.25) is 11.8 Å². The number of carbonyl (C=O) groups is 3. The lowest BCUT2D eigenvalue weighted by Crippen LogP contribution is -2.42. The molecule has 0 spiro atoms. The first-order chi connectivity index (χ1) is 15.3. The van der Waals surface area contributed by atoms with E-state index < -0.39 is 11.3 Å². The van der Waals surface area contributed by atoms with Crippen LogP contribution in [0.4, 0.5) is 11.4 Å². The Bertz CT molecular complexity index is 1240. The normalized spacial score (nSPS) is 18.5. The number of aromatic nitrogens is 1. The molecule has 8 heteroatoms. The second kappa shape index (κ2) is 7.56. The molecule has 0 aliphatic carbocycles. The highest BCUT2D eigenvalue weighted by molar-refractivity contribution is 7.12. The van der Waals surface area contributed by atoms with Gasteiger partial charge in [0, 0.05) is 30.7 Å². The van der Waals surface area contributed by atoms with Crippen molar-refractivity contribution in [3.05, 3.63) is 75.7 Å².